The maximum absolute atomic E-state index is 13.6. The van der Waals surface area contributed by atoms with Gasteiger partial charge in [0.15, 0.2) is 5.78 Å². The van der Waals surface area contributed by atoms with Crippen molar-refractivity contribution in [1.29, 1.82) is 0 Å². The van der Waals surface area contributed by atoms with Crippen molar-refractivity contribution in [2.24, 2.45) is 0 Å². The highest BCUT2D eigenvalue weighted by Gasteiger charge is 2.11. The smallest absolute Gasteiger partial charge is 0.166 e. The maximum atomic E-state index is 13.6. The lowest BCUT2D eigenvalue weighted by Gasteiger charge is -2.04. The quantitative estimate of drug-likeness (QED) is 0.746. The van der Waals surface area contributed by atoms with Crippen molar-refractivity contribution in [1.82, 2.24) is 0 Å². The van der Waals surface area contributed by atoms with Crippen LogP contribution in [0.1, 0.15) is 27.9 Å². The van der Waals surface area contributed by atoms with Crippen LogP contribution in [0.25, 0.3) is 0 Å². The molecule has 0 fully saturated rings. The van der Waals surface area contributed by atoms with Gasteiger partial charge in [-0.15, -0.1) is 0 Å². The van der Waals surface area contributed by atoms with Gasteiger partial charge in [-0.05, 0) is 37.1 Å². The minimum absolute atomic E-state index is 0.108. The van der Waals surface area contributed by atoms with E-state index in [9.17, 15) is 9.18 Å². The number of rotatable bonds is 4. The Morgan fingerprint density at radius 1 is 1.16 bits per heavy atom. The lowest BCUT2D eigenvalue weighted by Crippen LogP contribution is -2.04. The molecule has 2 rings (SSSR count). The molecular formula is C16H14ClFO. The van der Waals surface area contributed by atoms with Crippen LogP contribution in [-0.2, 0) is 6.42 Å². The summed E-state index contributed by atoms with van der Waals surface area (Å²) >= 11 is 5.66. The van der Waals surface area contributed by atoms with Gasteiger partial charge in [0.25, 0.3) is 0 Å². The Morgan fingerprint density at radius 2 is 1.84 bits per heavy atom. The molecule has 0 bridgehead atoms. The second kappa shape index (κ2) is 5.98. The molecule has 0 atom stereocenters. The number of carbonyl (C=O) groups excluding carboxylic acids is 1. The van der Waals surface area contributed by atoms with E-state index in [1.54, 1.807) is 0 Å². The van der Waals surface area contributed by atoms with Gasteiger partial charge >= 0.3 is 0 Å². The van der Waals surface area contributed by atoms with Crippen molar-refractivity contribution < 1.29 is 9.18 Å². The molecule has 0 unspecified atom stereocenters. The van der Waals surface area contributed by atoms with E-state index >= 15 is 0 Å². The maximum Gasteiger partial charge on any atom is 0.166 e. The summed E-state index contributed by atoms with van der Waals surface area (Å²) in [4.78, 5) is 11.9. The van der Waals surface area contributed by atoms with Crippen LogP contribution in [0.2, 0.25) is 5.02 Å². The molecule has 0 aliphatic carbocycles. The van der Waals surface area contributed by atoms with Crippen LogP contribution in [0.3, 0.4) is 0 Å². The summed E-state index contributed by atoms with van der Waals surface area (Å²) in [5.74, 6) is -0.754. The van der Waals surface area contributed by atoms with Crippen LogP contribution in [0.5, 0.6) is 0 Å². The number of hydrogen-bond donors (Lipinski definition) is 0. The van der Waals surface area contributed by atoms with E-state index in [-0.39, 0.29) is 11.3 Å². The first-order valence-corrected chi connectivity index (χ1v) is 6.48. The predicted molar refractivity (Wildman–Crippen MR) is 75.2 cm³/mol. The van der Waals surface area contributed by atoms with Crippen LogP contribution >= 0.6 is 11.6 Å². The van der Waals surface area contributed by atoms with Gasteiger partial charge in [0.2, 0.25) is 0 Å². The molecule has 98 valence electrons. The molecule has 2 aromatic carbocycles. The summed E-state index contributed by atoms with van der Waals surface area (Å²) in [6, 6.07) is 12.1. The van der Waals surface area contributed by atoms with E-state index in [4.69, 9.17) is 11.6 Å². The minimum Gasteiger partial charge on any atom is -0.294 e. The fraction of sp³-hybridized carbons (Fsp3) is 0.188. The average molecular weight is 277 g/mol. The number of Topliss-reactive ketones (excluding diaryl/α,β-unsaturated/α-hetero) is 1. The molecule has 0 saturated heterocycles. The SMILES string of the molecule is Cc1ccc(CCC(=O)c2ccc(Cl)cc2F)cc1. The molecule has 19 heavy (non-hydrogen) atoms. The molecule has 0 N–H and O–H groups in total. The third-order valence-electron chi connectivity index (χ3n) is 2.99. The van der Waals surface area contributed by atoms with Gasteiger partial charge in [-0.1, -0.05) is 41.4 Å². The number of halogens is 2. The average Bonchev–Trinajstić information content (AvgIpc) is 2.37. The molecule has 0 aliphatic rings. The second-order valence-corrected chi connectivity index (χ2v) is 4.97. The van der Waals surface area contributed by atoms with E-state index < -0.39 is 5.82 Å². The highest BCUT2D eigenvalue weighted by molar-refractivity contribution is 6.30. The molecule has 0 radical (unpaired) electrons. The standard InChI is InChI=1S/C16H14ClFO/c1-11-2-4-12(5-3-11)6-9-16(19)14-8-7-13(17)10-15(14)18/h2-5,7-8,10H,6,9H2,1H3. The Balaban J connectivity index is 2.03. The fourth-order valence-electron chi connectivity index (χ4n) is 1.86. The molecule has 0 amide bonds. The van der Waals surface area contributed by atoms with Gasteiger partial charge in [-0.3, -0.25) is 4.79 Å². The summed E-state index contributed by atoms with van der Waals surface area (Å²) in [6.45, 7) is 2.01. The summed E-state index contributed by atoms with van der Waals surface area (Å²) in [5, 5.41) is 0.299. The van der Waals surface area contributed by atoms with Gasteiger partial charge in [0, 0.05) is 11.4 Å². The van der Waals surface area contributed by atoms with Crippen LogP contribution < -0.4 is 0 Å². The zero-order valence-corrected chi connectivity index (χ0v) is 11.4. The van der Waals surface area contributed by atoms with E-state index in [1.165, 1.54) is 23.8 Å². The monoisotopic (exact) mass is 276 g/mol. The van der Waals surface area contributed by atoms with Gasteiger partial charge in [-0.2, -0.15) is 0 Å². The summed E-state index contributed by atoms with van der Waals surface area (Å²) in [7, 11) is 0. The van der Waals surface area contributed by atoms with Crippen LogP contribution in [0, 0.1) is 12.7 Å². The summed E-state index contributed by atoms with van der Waals surface area (Å²) in [6.07, 6.45) is 0.906. The van der Waals surface area contributed by atoms with Crippen molar-refractivity contribution in [2.75, 3.05) is 0 Å². The Labute approximate surface area is 117 Å². The highest BCUT2D eigenvalue weighted by Crippen LogP contribution is 2.17. The molecular weight excluding hydrogens is 263 g/mol. The molecule has 2 aromatic rings. The van der Waals surface area contributed by atoms with Crippen molar-refractivity contribution in [3.05, 3.63) is 70.0 Å². The van der Waals surface area contributed by atoms with Crippen molar-refractivity contribution in [3.63, 3.8) is 0 Å². The first-order valence-electron chi connectivity index (χ1n) is 6.10. The fourth-order valence-corrected chi connectivity index (χ4v) is 2.02. The third kappa shape index (κ3) is 3.65. The molecule has 1 nitrogen and oxygen atoms in total. The highest BCUT2D eigenvalue weighted by atomic mass is 35.5. The third-order valence-corrected chi connectivity index (χ3v) is 3.23. The second-order valence-electron chi connectivity index (χ2n) is 4.53. The molecule has 0 saturated carbocycles. The van der Waals surface area contributed by atoms with Gasteiger partial charge < -0.3 is 0 Å². The zero-order valence-electron chi connectivity index (χ0n) is 10.6. The number of carbonyl (C=O) groups is 1. The molecule has 0 spiro atoms. The molecule has 0 aromatic heterocycles. The Hall–Kier alpha value is -1.67. The zero-order chi connectivity index (χ0) is 13.8. The number of ketones is 1. The predicted octanol–water partition coefficient (Wildman–Crippen LogP) is 4.60. The summed E-state index contributed by atoms with van der Waals surface area (Å²) < 4.78 is 13.6. The first-order chi connectivity index (χ1) is 9.06. The van der Waals surface area contributed by atoms with Crippen LogP contribution in [-0.4, -0.2) is 5.78 Å². The number of benzene rings is 2. The Morgan fingerprint density at radius 3 is 2.47 bits per heavy atom. The number of aryl methyl sites for hydroxylation is 2. The molecule has 0 aliphatic heterocycles. The van der Waals surface area contributed by atoms with Gasteiger partial charge in [0.05, 0.1) is 5.56 Å². The van der Waals surface area contributed by atoms with E-state index in [0.29, 0.717) is 17.9 Å². The van der Waals surface area contributed by atoms with E-state index in [0.717, 1.165) is 5.56 Å². The summed E-state index contributed by atoms with van der Waals surface area (Å²) in [5.41, 5.74) is 2.36. The largest absolute Gasteiger partial charge is 0.294 e. The van der Waals surface area contributed by atoms with Gasteiger partial charge in [0.1, 0.15) is 5.82 Å². The van der Waals surface area contributed by atoms with Gasteiger partial charge in [-0.25, -0.2) is 4.39 Å². The van der Waals surface area contributed by atoms with Crippen molar-refractivity contribution in [3.8, 4) is 0 Å². The van der Waals surface area contributed by atoms with Crippen molar-refractivity contribution >= 4 is 17.4 Å². The van der Waals surface area contributed by atoms with E-state index in [2.05, 4.69) is 0 Å². The van der Waals surface area contributed by atoms with Crippen molar-refractivity contribution in [2.45, 2.75) is 19.8 Å². The molecule has 0 heterocycles. The van der Waals surface area contributed by atoms with Crippen LogP contribution in [0.15, 0.2) is 42.5 Å². The molecule has 3 heteroatoms. The lowest BCUT2D eigenvalue weighted by molar-refractivity contribution is 0.0979. The topological polar surface area (TPSA) is 17.1 Å². The Bertz CT molecular complexity index is 590. The first kappa shape index (κ1) is 13.8. The lowest BCUT2D eigenvalue weighted by atomic mass is 10.0. The van der Waals surface area contributed by atoms with Crippen LogP contribution in [0.4, 0.5) is 4.39 Å². The van der Waals surface area contributed by atoms with E-state index in [1.807, 2.05) is 31.2 Å². The normalized spacial score (nSPS) is 10.5. The number of hydrogen-bond acceptors (Lipinski definition) is 1. The Kier molecular flexibility index (Phi) is 4.33. The minimum atomic E-state index is -0.554.